The van der Waals surface area contributed by atoms with Crippen LogP contribution in [0.5, 0.6) is 0 Å². The lowest BCUT2D eigenvalue weighted by Crippen LogP contribution is -2.06. The summed E-state index contributed by atoms with van der Waals surface area (Å²) < 4.78 is 5.13. The van der Waals surface area contributed by atoms with Crippen LogP contribution in [0.2, 0.25) is 0 Å². The number of hydrogen-bond donors (Lipinski definition) is 0. The number of alkyl halides is 1. The topological polar surface area (TPSA) is 35.6 Å². The Bertz CT molecular complexity index is 790. The van der Waals surface area contributed by atoms with Gasteiger partial charge in [0.15, 0.2) is 0 Å². The summed E-state index contributed by atoms with van der Waals surface area (Å²) in [6, 6.07) is 6.15. The minimum atomic E-state index is 0.566. The molecule has 0 fully saturated rings. The number of rotatable bonds is 4. The second-order valence-electron chi connectivity index (χ2n) is 5.10. The standard InChI is InChI=1S/C15H16BrClN4/c1-10-11(8-20(2)19-10)9-21-14-7-12(16)3-4-13(14)18-15(21)5-6-17/h3-4,7-8H,5-6,9H2,1-2H3. The van der Waals surface area contributed by atoms with Crippen molar-refractivity contribution in [3.63, 3.8) is 0 Å². The molecule has 0 atom stereocenters. The second kappa shape index (κ2) is 5.81. The summed E-state index contributed by atoms with van der Waals surface area (Å²) in [5, 5.41) is 4.41. The quantitative estimate of drug-likeness (QED) is 0.660. The lowest BCUT2D eigenvalue weighted by molar-refractivity contribution is 0.747. The van der Waals surface area contributed by atoms with E-state index < -0.39 is 0 Å². The van der Waals surface area contributed by atoms with Gasteiger partial charge in [0.25, 0.3) is 0 Å². The molecule has 0 bridgehead atoms. The van der Waals surface area contributed by atoms with Crippen LogP contribution in [0, 0.1) is 6.92 Å². The van der Waals surface area contributed by atoms with E-state index >= 15 is 0 Å². The molecular formula is C15H16BrClN4. The van der Waals surface area contributed by atoms with Crippen LogP contribution in [0.25, 0.3) is 11.0 Å². The van der Waals surface area contributed by atoms with E-state index in [0.29, 0.717) is 5.88 Å². The second-order valence-corrected chi connectivity index (χ2v) is 6.39. The van der Waals surface area contributed by atoms with Gasteiger partial charge in [-0.05, 0) is 25.1 Å². The van der Waals surface area contributed by atoms with Crippen molar-refractivity contribution in [1.29, 1.82) is 0 Å². The zero-order valence-corrected chi connectivity index (χ0v) is 14.3. The zero-order chi connectivity index (χ0) is 15.0. The van der Waals surface area contributed by atoms with Crippen molar-refractivity contribution in [3.05, 3.63) is 46.0 Å². The molecule has 2 heterocycles. The summed E-state index contributed by atoms with van der Waals surface area (Å²) in [5.41, 5.74) is 4.37. The maximum absolute atomic E-state index is 5.93. The monoisotopic (exact) mass is 366 g/mol. The molecule has 0 aliphatic carbocycles. The van der Waals surface area contributed by atoms with Gasteiger partial charge >= 0.3 is 0 Å². The molecule has 0 aliphatic heterocycles. The molecule has 6 heteroatoms. The lowest BCUT2D eigenvalue weighted by Gasteiger charge is -2.08. The molecule has 0 unspecified atom stereocenters. The molecule has 2 aromatic heterocycles. The number of nitrogens with zero attached hydrogens (tertiary/aromatic N) is 4. The Hall–Kier alpha value is -1.33. The Labute approximate surface area is 136 Å². The third-order valence-electron chi connectivity index (χ3n) is 3.55. The molecule has 3 aromatic rings. The molecule has 0 radical (unpaired) electrons. The molecule has 3 rings (SSSR count). The molecule has 21 heavy (non-hydrogen) atoms. The van der Waals surface area contributed by atoms with E-state index in [1.165, 1.54) is 5.56 Å². The van der Waals surface area contributed by atoms with Gasteiger partial charge in [-0.3, -0.25) is 4.68 Å². The first-order valence-corrected chi connectivity index (χ1v) is 8.11. The number of aromatic nitrogens is 4. The molecule has 1 aromatic carbocycles. The Balaban J connectivity index is 2.12. The van der Waals surface area contributed by atoms with E-state index in [4.69, 9.17) is 16.6 Å². The van der Waals surface area contributed by atoms with Gasteiger partial charge in [-0.25, -0.2) is 4.98 Å². The van der Waals surface area contributed by atoms with Gasteiger partial charge in [0.1, 0.15) is 5.82 Å². The van der Waals surface area contributed by atoms with Gasteiger partial charge in [0.2, 0.25) is 0 Å². The van der Waals surface area contributed by atoms with Crippen LogP contribution >= 0.6 is 27.5 Å². The highest BCUT2D eigenvalue weighted by Crippen LogP contribution is 2.23. The van der Waals surface area contributed by atoms with E-state index in [2.05, 4.69) is 37.9 Å². The first-order valence-electron chi connectivity index (χ1n) is 6.78. The number of fused-ring (bicyclic) bond motifs is 1. The van der Waals surface area contributed by atoms with Gasteiger partial charge in [0, 0.05) is 35.6 Å². The fourth-order valence-electron chi connectivity index (χ4n) is 2.57. The number of halogens is 2. The SMILES string of the molecule is Cc1nn(C)cc1Cn1c(CCCl)nc2ccc(Br)cc21. The van der Waals surface area contributed by atoms with E-state index in [1.54, 1.807) is 0 Å². The van der Waals surface area contributed by atoms with Gasteiger partial charge in [-0.2, -0.15) is 5.10 Å². The highest BCUT2D eigenvalue weighted by molar-refractivity contribution is 9.10. The number of benzene rings is 1. The summed E-state index contributed by atoms with van der Waals surface area (Å²) in [7, 11) is 1.94. The van der Waals surface area contributed by atoms with E-state index in [9.17, 15) is 0 Å². The smallest absolute Gasteiger partial charge is 0.111 e. The summed E-state index contributed by atoms with van der Waals surface area (Å²) in [5.74, 6) is 1.58. The molecular weight excluding hydrogens is 352 g/mol. The van der Waals surface area contributed by atoms with Crippen molar-refractivity contribution >= 4 is 38.6 Å². The number of hydrogen-bond acceptors (Lipinski definition) is 2. The minimum Gasteiger partial charge on any atom is -0.323 e. The third-order valence-corrected chi connectivity index (χ3v) is 4.23. The zero-order valence-electron chi connectivity index (χ0n) is 12.0. The highest BCUT2D eigenvalue weighted by atomic mass is 79.9. The predicted molar refractivity (Wildman–Crippen MR) is 88.9 cm³/mol. The maximum atomic E-state index is 5.93. The van der Waals surface area contributed by atoms with Crippen LogP contribution in [0.15, 0.2) is 28.9 Å². The summed E-state index contributed by atoms with van der Waals surface area (Å²) >= 11 is 9.46. The van der Waals surface area contributed by atoms with Crippen LogP contribution in [-0.4, -0.2) is 25.2 Å². The maximum Gasteiger partial charge on any atom is 0.111 e. The van der Waals surface area contributed by atoms with Crippen molar-refractivity contribution in [2.24, 2.45) is 7.05 Å². The fraction of sp³-hybridized carbons (Fsp3) is 0.333. The fourth-order valence-corrected chi connectivity index (χ4v) is 3.09. The molecule has 110 valence electrons. The average Bonchev–Trinajstić information content (AvgIpc) is 2.92. The third kappa shape index (κ3) is 2.85. The molecule has 0 amide bonds. The van der Waals surface area contributed by atoms with Crippen LogP contribution in [0.4, 0.5) is 0 Å². The Morgan fingerprint density at radius 1 is 1.33 bits per heavy atom. The first kappa shape index (κ1) is 14.6. The molecule has 4 nitrogen and oxygen atoms in total. The predicted octanol–water partition coefficient (Wildman–Crippen LogP) is 3.67. The van der Waals surface area contributed by atoms with Gasteiger partial charge in [-0.1, -0.05) is 15.9 Å². The largest absolute Gasteiger partial charge is 0.323 e. The highest BCUT2D eigenvalue weighted by Gasteiger charge is 2.13. The number of aryl methyl sites for hydroxylation is 3. The van der Waals surface area contributed by atoms with Gasteiger partial charge < -0.3 is 4.57 Å². The van der Waals surface area contributed by atoms with Crippen LogP contribution in [0.3, 0.4) is 0 Å². The van der Waals surface area contributed by atoms with E-state index in [1.807, 2.05) is 30.8 Å². The van der Waals surface area contributed by atoms with Crippen LogP contribution in [-0.2, 0) is 20.0 Å². The van der Waals surface area contributed by atoms with Crippen molar-refractivity contribution in [3.8, 4) is 0 Å². The Morgan fingerprint density at radius 3 is 2.81 bits per heavy atom. The molecule has 0 saturated carbocycles. The van der Waals surface area contributed by atoms with Crippen molar-refractivity contribution < 1.29 is 0 Å². The lowest BCUT2D eigenvalue weighted by atomic mass is 10.2. The van der Waals surface area contributed by atoms with Crippen molar-refractivity contribution in [2.45, 2.75) is 19.9 Å². The van der Waals surface area contributed by atoms with Crippen molar-refractivity contribution in [2.75, 3.05) is 5.88 Å². The normalized spacial score (nSPS) is 11.4. The Morgan fingerprint density at radius 2 is 2.14 bits per heavy atom. The first-order chi connectivity index (χ1) is 10.1. The molecule has 0 N–H and O–H groups in total. The molecule has 0 spiro atoms. The van der Waals surface area contributed by atoms with E-state index in [0.717, 1.165) is 40.0 Å². The minimum absolute atomic E-state index is 0.566. The molecule has 0 saturated heterocycles. The van der Waals surface area contributed by atoms with E-state index in [-0.39, 0.29) is 0 Å². The number of imidazole rings is 1. The Kier molecular flexibility index (Phi) is 4.04. The van der Waals surface area contributed by atoms with Crippen LogP contribution < -0.4 is 0 Å². The van der Waals surface area contributed by atoms with Crippen LogP contribution in [0.1, 0.15) is 17.1 Å². The molecule has 0 aliphatic rings. The van der Waals surface area contributed by atoms with Gasteiger partial charge in [0.05, 0.1) is 23.3 Å². The van der Waals surface area contributed by atoms with Crippen molar-refractivity contribution in [1.82, 2.24) is 19.3 Å². The average molecular weight is 368 g/mol. The van der Waals surface area contributed by atoms with Gasteiger partial charge in [-0.15, -0.1) is 11.6 Å². The summed E-state index contributed by atoms with van der Waals surface area (Å²) in [6.45, 7) is 2.80. The summed E-state index contributed by atoms with van der Waals surface area (Å²) in [6.07, 6.45) is 2.82. The summed E-state index contributed by atoms with van der Waals surface area (Å²) in [4.78, 5) is 4.71.